The Bertz CT molecular complexity index is 977. The van der Waals surface area contributed by atoms with Crippen LogP contribution < -0.4 is 10.6 Å². The van der Waals surface area contributed by atoms with Gasteiger partial charge in [0, 0.05) is 23.2 Å². The molecule has 0 spiro atoms. The van der Waals surface area contributed by atoms with E-state index in [0.717, 1.165) is 22.5 Å². The second-order valence-corrected chi connectivity index (χ2v) is 10.7. The molecule has 0 aliphatic rings. The fourth-order valence-corrected chi connectivity index (χ4v) is 3.25. The molecule has 0 bridgehead atoms. The lowest BCUT2D eigenvalue weighted by Gasteiger charge is -2.27. The molecule has 0 saturated carbocycles. The van der Waals surface area contributed by atoms with Crippen LogP contribution in [0.2, 0.25) is 0 Å². The van der Waals surface area contributed by atoms with Crippen LogP contribution in [-0.2, 0) is 15.7 Å². The number of benzene rings is 1. The number of rotatable bonds is 5. The number of hydrogen-bond acceptors (Lipinski definition) is 3. The first-order chi connectivity index (χ1) is 14.6. The summed E-state index contributed by atoms with van der Waals surface area (Å²) in [5.41, 5.74) is 3.31. The fraction of sp³-hybridized carbons (Fsp3) is 0.560. The summed E-state index contributed by atoms with van der Waals surface area (Å²) in [5, 5.41) is 10.7. The van der Waals surface area contributed by atoms with Crippen molar-refractivity contribution >= 4 is 23.4 Å². The summed E-state index contributed by atoms with van der Waals surface area (Å²) in [6.45, 7) is 20.1. The van der Waals surface area contributed by atoms with Crippen LogP contribution in [0.1, 0.15) is 72.2 Å². The number of nitrogens with zero attached hydrogens (tertiary/aromatic N) is 3. The van der Waals surface area contributed by atoms with Gasteiger partial charge in [-0.1, -0.05) is 32.9 Å². The van der Waals surface area contributed by atoms with Crippen LogP contribution >= 0.6 is 0 Å². The number of aryl methyl sites for hydroxylation is 1. The highest BCUT2D eigenvalue weighted by atomic mass is 16.2. The minimum absolute atomic E-state index is 0.0610. The third-order valence-electron chi connectivity index (χ3n) is 5.43. The molecular formula is C25H39N5O2. The minimum atomic E-state index is -0.302. The standard InChI is InChI=1S/C25H39N5O2/c1-16(2)29(23(32)26-19-13-11-12-17(3)18(19)4)15-22(31)27-21-14-20(24(5,6)7)28-30(21)25(8,9)10/h11-14,16H,15H2,1-10H3,(H,26,32)(H,27,31). The van der Waals surface area contributed by atoms with Crippen molar-refractivity contribution in [3.63, 3.8) is 0 Å². The third kappa shape index (κ3) is 6.11. The molecule has 1 aromatic carbocycles. The molecule has 7 nitrogen and oxygen atoms in total. The largest absolute Gasteiger partial charge is 0.322 e. The van der Waals surface area contributed by atoms with Gasteiger partial charge in [0.15, 0.2) is 0 Å². The molecule has 0 aliphatic heterocycles. The first kappa shape index (κ1) is 25.4. The van der Waals surface area contributed by atoms with Crippen molar-refractivity contribution in [2.75, 3.05) is 17.2 Å². The minimum Gasteiger partial charge on any atom is -0.313 e. The summed E-state index contributed by atoms with van der Waals surface area (Å²) >= 11 is 0. The maximum Gasteiger partial charge on any atom is 0.322 e. The fourth-order valence-electron chi connectivity index (χ4n) is 3.25. The lowest BCUT2D eigenvalue weighted by atomic mass is 9.92. The molecule has 0 atom stereocenters. The molecule has 0 saturated heterocycles. The number of carbonyl (C=O) groups excluding carboxylic acids is 2. The van der Waals surface area contributed by atoms with E-state index in [0.29, 0.717) is 5.82 Å². The van der Waals surface area contributed by atoms with Crippen LogP contribution in [-0.4, -0.2) is 39.2 Å². The first-order valence-corrected chi connectivity index (χ1v) is 11.2. The third-order valence-corrected chi connectivity index (χ3v) is 5.43. The Labute approximate surface area is 192 Å². The molecule has 1 heterocycles. The van der Waals surface area contributed by atoms with Gasteiger partial charge in [-0.05, 0) is 65.7 Å². The first-order valence-electron chi connectivity index (χ1n) is 11.2. The number of urea groups is 1. The van der Waals surface area contributed by atoms with Gasteiger partial charge in [0.2, 0.25) is 5.91 Å². The van der Waals surface area contributed by atoms with Crippen molar-refractivity contribution in [3.05, 3.63) is 41.1 Å². The van der Waals surface area contributed by atoms with Crippen LogP contribution in [0, 0.1) is 13.8 Å². The van der Waals surface area contributed by atoms with Gasteiger partial charge in [-0.3, -0.25) is 4.79 Å². The van der Waals surface area contributed by atoms with Crippen molar-refractivity contribution < 1.29 is 9.59 Å². The topological polar surface area (TPSA) is 79.3 Å². The SMILES string of the molecule is Cc1cccc(NC(=O)N(CC(=O)Nc2cc(C(C)(C)C)nn2C(C)(C)C)C(C)C)c1C. The van der Waals surface area contributed by atoms with E-state index in [-0.39, 0.29) is 35.5 Å². The lowest BCUT2D eigenvalue weighted by Crippen LogP contribution is -2.45. The van der Waals surface area contributed by atoms with Crippen LogP contribution in [0.3, 0.4) is 0 Å². The van der Waals surface area contributed by atoms with E-state index >= 15 is 0 Å². The van der Waals surface area contributed by atoms with Gasteiger partial charge in [0.1, 0.15) is 12.4 Å². The number of nitrogens with one attached hydrogen (secondary N) is 2. The predicted molar refractivity (Wildman–Crippen MR) is 131 cm³/mol. The van der Waals surface area contributed by atoms with Gasteiger partial charge in [0.25, 0.3) is 0 Å². The summed E-state index contributed by atoms with van der Waals surface area (Å²) < 4.78 is 1.83. The molecule has 2 N–H and O–H groups in total. The van der Waals surface area contributed by atoms with E-state index < -0.39 is 0 Å². The average molecular weight is 442 g/mol. The average Bonchev–Trinajstić information content (AvgIpc) is 3.07. The van der Waals surface area contributed by atoms with Crippen molar-refractivity contribution in [3.8, 4) is 0 Å². The molecule has 0 aliphatic carbocycles. The van der Waals surface area contributed by atoms with Gasteiger partial charge >= 0.3 is 6.03 Å². The van der Waals surface area contributed by atoms with Crippen molar-refractivity contribution in [2.24, 2.45) is 0 Å². The van der Waals surface area contributed by atoms with E-state index in [4.69, 9.17) is 5.10 Å². The van der Waals surface area contributed by atoms with Gasteiger partial charge in [-0.2, -0.15) is 5.10 Å². The summed E-state index contributed by atoms with van der Waals surface area (Å²) in [4.78, 5) is 27.5. The summed E-state index contributed by atoms with van der Waals surface area (Å²) in [5.74, 6) is 0.367. The maximum atomic E-state index is 13.0. The maximum absolute atomic E-state index is 13.0. The Kier molecular flexibility index (Phi) is 7.43. The predicted octanol–water partition coefficient (Wildman–Crippen LogP) is 5.43. The van der Waals surface area contributed by atoms with E-state index in [1.54, 1.807) is 0 Å². The van der Waals surface area contributed by atoms with E-state index in [2.05, 4.69) is 31.4 Å². The zero-order valence-electron chi connectivity index (χ0n) is 21.3. The van der Waals surface area contributed by atoms with Crippen LogP contribution in [0.15, 0.2) is 24.3 Å². The quantitative estimate of drug-likeness (QED) is 0.649. The van der Waals surface area contributed by atoms with E-state index in [1.165, 1.54) is 4.90 Å². The molecular weight excluding hydrogens is 402 g/mol. The zero-order chi connectivity index (χ0) is 24.4. The zero-order valence-corrected chi connectivity index (χ0v) is 21.3. The van der Waals surface area contributed by atoms with Gasteiger partial charge in [-0.25, -0.2) is 9.48 Å². The number of hydrogen-bond donors (Lipinski definition) is 2. The van der Waals surface area contributed by atoms with Gasteiger partial charge in [-0.15, -0.1) is 0 Å². The monoisotopic (exact) mass is 441 g/mol. The Hall–Kier alpha value is -2.83. The number of carbonyl (C=O) groups is 2. The van der Waals surface area contributed by atoms with E-state index in [9.17, 15) is 9.59 Å². The van der Waals surface area contributed by atoms with Gasteiger partial charge in [0.05, 0.1) is 11.2 Å². The molecule has 176 valence electrons. The second-order valence-electron chi connectivity index (χ2n) is 10.7. The Morgan fingerprint density at radius 3 is 2.22 bits per heavy atom. The molecule has 0 fully saturated rings. The highest BCUT2D eigenvalue weighted by Crippen LogP contribution is 2.28. The molecule has 2 rings (SSSR count). The molecule has 0 radical (unpaired) electrons. The summed E-state index contributed by atoms with van der Waals surface area (Å²) in [7, 11) is 0. The van der Waals surface area contributed by atoms with Crippen LogP contribution in [0.5, 0.6) is 0 Å². The highest BCUT2D eigenvalue weighted by molar-refractivity contribution is 5.97. The second kappa shape index (κ2) is 9.35. The molecule has 0 unspecified atom stereocenters. The lowest BCUT2D eigenvalue weighted by molar-refractivity contribution is -0.117. The van der Waals surface area contributed by atoms with E-state index in [1.807, 2.05) is 77.4 Å². The summed E-state index contributed by atoms with van der Waals surface area (Å²) in [6, 6.07) is 7.24. The number of anilines is 2. The molecule has 7 heteroatoms. The van der Waals surface area contributed by atoms with Crippen molar-refractivity contribution in [1.29, 1.82) is 0 Å². The number of aromatic nitrogens is 2. The molecule has 3 amide bonds. The molecule has 1 aromatic heterocycles. The Morgan fingerprint density at radius 2 is 1.69 bits per heavy atom. The molecule has 2 aromatic rings. The Morgan fingerprint density at radius 1 is 1.06 bits per heavy atom. The summed E-state index contributed by atoms with van der Waals surface area (Å²) in [6.07, 6.45) is 0. The van der Waals surface area contributed by atoms with Crippen LogP contribution in [0.25, 0.3) is 0 Å². The van der Waals surface area contributed by atoms with Crippen LogP contribution in [0.4, 0.5) is 16.3 Å². The van der Waals surface area contributed by atoms with Crippen molar-refractivity contribution in [2.45, 2.75) is 86.2 Å². The highest BCUT2D eigenvalue weighted by Gasteiger charge is 2.27. The normalized spacial score (nSPS) is 12.1. The molecule has 32 heavy (non-hydrogen) atoms. The van der Waals surface area contributed by atoms with Crippen molar-refractivity contribution in [1.82, 2.24) is 14.7 Å². The smallest absolute Gasteiger partial charge is 0.313 e. The number of amides is 3. The van der Waals surface area contributed by atoms with Gasteiger partial charge < -0.3 is 15.5 Å². The Balaban J connectivity index is 2.21.